The Labute approximate surface area is 149 Å². The van der Waals surface area contributed by atoms with E-state index in [1.807, 2.05) is 0 Å². The first-order valence-electron chi connectivity index (χ1n) is 7.27. The highest BCUT2D eigenvalue weighted by molar-refractivity contribution is 9.10. The van der Waals surface area contributed by atoms with Gasteiger partial charge >= 0.3 is 0 Å². The summed E-state index contributed by atoms with van der Waals surface area (Å²) in [5, 5.41) is 0. The van der Waals surface area contributed by atoms with Gasteiger partial charge in [0.1, 0.15) is 5.76 Å². The van der Waals surface area contributed by atoms with E-state index in [-0.39, 0.29) is 15.8 Å². The smallest absolute Gasteiger partial charge is 0.242 e. The number of sulfone groups is 1. The zero-order chi connectivity index (χ0) is 17.5. The number of halogens is 1. The first-order chi connectivity index (χ1) is 11.2. The van der Waals surface area contributed by atoms with Crippen LogP contribution in [0.25, 0.3) is 0 Å². The van der Waals surface area contributed by atoms with Gasteiger partial charge in [-0.25, -0.2) is 21.6 Å². The number of benzene rings is 1. The molecule has 1 unspecified atom stereocenters. The average molecular weight is 434 g/mol. The van der Waals surface area contributed by atoms with Gasteiger partial charge in [-0.05, 0) is 53.0 Å². The Kier molecular flexibility index (Phi) is 4.63. The van der Waals surface area contributed by atoms with Gasteiger partial charge in [0.15, 0.2) is 9.84 Å². The third kappa shape index (κ3) is 3.44. The van der Waals surface area contributed by atoms with Gasteiger partial charge in [0.2, 0.25) is 10.0 Å². The first-order valence-corrected chi connectivity index (χ1v) is 11.4. The summed E-state index contributed by atoms with van der Waals surface area (Å²) in [6.45, 7) is 0. The molecule has 1 N–H and O–H groups in total. The molecule has 1 aromatic heterocycles. The maximum atomic E-state index is 12.8. The van der Waals surface area contributed by atoms with Crippen molar-refractivity contribution in [2.45, 2.75) is 35.1 Å². The Morgan fingerprint density at radius 3 is 2.67 bits per heavy atom. The minimum absolute atomic E-state index is 0.0429. The summed E-state index contributed by atoms with van der Waals surface area (Å²) >= 11 is 3.19. The predicted molar refractivity (Wildman–Crippen MR) is 92.0 cm³/mol. The highest BCUT2D eigenvalue weighted by Crippen LogP contribution is 2.33. The van der Waals surface area contributed by atoms with E-state index < -0.39 is 19.9 Å². The van der Waals surface area contributed by atoms with Crippen molar-refractivity contribution in [3.05, 3.63) is 46.3 Å². The van der Waals surface area contributed by atoms with Gasteiger partial charge < -0.3 is 4.42 Å². The van der Waals surface area contributed by atoms with Crippen molar-refractivity contribution in [1.82, 2.24) is 4.72 Å². The van der Waals surface area contributed by atoms with Gasteiger partial charge in [-0.3, -0.25) is 0 Å². The monoisotopic (exact) mass is 433 g/mol. The molecule has 1 heterocycles. The van der Waals surface area contributed by atoms with Crippen LogP contribution in [-0.4, -0.2) is 23.1 Å². The Bertz CT molecular complexity index is 979. The van der Waals surface area contributed by atoms with Crippen LogP contribution in [-0.2, 0) is 26.3 Å². The lowest BCUT2D eigenvalue weighted by atomic mass is 9.94. The quantitative estimate of drug-likeness (QED) is 0.799. The maximum Gasteiger partial charge on any atom is 0.242 e. The summed E-state index contributed by atoms with van der Waals surface area (Å²) in [4.78, 5) is -0.139. The van der Waals surface area contributed by atoms with Gasteiger partial charge in [0.25, 0.3) is 0 Å². The van der Waals surface area contributed by atoms with Crippen LogP contribution < -0.4 is 4.72 Å². The lowest BCUT2D eigenvalue weighted by Crippen LogP contribution is -2.31. The van der Waals surface area contributed by atoms with Gasteiger partial charge in [0.05, 0.1) is 22.1 Å². The molecular formula is C15H16BrNO5S2. The standard InChI is InChI=1S/C15H16BrNO5S2/c1-23(18,19)10-5-6-12(16)15(9-10)24(20,21)17-13-3-2-4-14-11(13)7-8-22-14/h5-9,13,17H,2-4H2,1H3. The minimum Gasteiger partial charge on any atom is -0.469 e. The second-order valence-corrected chi connectivity index (χ2v) is 10.3. The van der Waals surface area contributed by atoms with E-state index in [0.29, 0.717) is 10.9 Å². The molecule has 3 rings (SSSR count). The molecule has 1 aliphatic carbocycles. The molecule has 0 fully saturated rings. The molecule has 24 heavy (non-hydrogen) atoms. The fourth-order valence-corrected chi connectivity index (χ4v) is 5.74. The third-order valence-electron chi connectivity index (χ3n) is 3.97. The zero-order valence-electron chi connectivity index (χ0n) is 12.8. The molecule has 0 aliphatic heterocycles. The number of nitrogens with one attached hydrogen (secondary N) is 1. The molecule has 6 nitrogen and oxygen atoms in total. The maximum absolute atomic E-state index is 12.8. The molecule has 130 valence electrons. The highest BCUT2D eigenvalue weighted by atomic mass is 79.9. The SMILES string of the molecule is CS(=O)(=O)c1ccc(Br)c(S(=O)(=O)NC2CCCc3occc32)c1. The summed E-state index contributed by atoms with van der Waals surface area (Å²) in [6.07, 6.45) is 4.86. The first kappa shape index (κ1) is 17.7. The molecule has 1 aliphatic rings. The second kappa shape index (κ2) is 6.29. The number of hydrogen-bond acceptors (Lipinski definition) is 5. The summed E-state index contributed by atoms with van der Waals surface area (Å²) < 4.78 is 57.3. The molecule has 0 amide bonds. The summed E-state index contributed by atoms with van der Waals surface area (Å²) in [6, 6.07) is 5.35. The van der Waals surface area contributed by atoms with Gasteiger partial charge in [-0.15, -0.1) is 0 Å². The fraction of sp³-hybridized carbons (Fsp3) is 0.333. The molecule has 2 aromatic rings. The highest BCUT2D eigenvalue weighted by Gasteiger charge is 2.29. The van der Waals surface area contributed by atoms with Crippen LogP contribution in [0.15, 0.2) is 49.2 Å². The number of sulfonamides is 1. The molecule has 1 atom stereocenters. The number of furan rings is 1. The van der Waals surface area contributed by atoms with Crippen molar-refractivity contribution in [2.24, 2.45) is 0 Å². The Morgan fingerprint density at radius 2 is 1.96 bits per heavy atom. The lowest BCUT2D eigenvalue weighted by Gasteiger charge is -2.23. The fourth-order valence-electron chi connectivity index (χ4n) is 2.78. The third-order valence-corrected chi connectivity index (χ3v) is 7.55. The number of fused-ring (bicyclic) bond motifs is 1. The molecule has 1 aromatic carbocycles. The van der Waals surface area contributed by atoms with Crippen molar-refractivity contribution in [3.63, 3.8) is 0 Å². The molecule has 9 heteroatoms. The minimum atomic E-state index is -3.90. The van der Waals surface area contributed by atoms with E-state index in [1.165, 1.54) is 18.2 Å². The number of rotatable bonds is 4. The van der Waals surface area contributed by atoms with E-state index in [9.17, 15) is 16.8 Å². The van der Waals surface area contributed by atoms with Crippen LogP contribution in [0.1, 0.15) is 30.2 Å². The van der Waals surface area contributed by atoms with Crippen LogP contribution in [0.5, 0.6) is 0 Å². The van der Waals surface area contributed by atoms with Crippen LogP contribution in [0.3, 0.4) is 0 Å². The van der Waals surface area contributed by atoms with E-state index in [2.05, 4.69) is 20.7 Å². The van der Waals surface area contributed by atoms with Crippen molar-refractivity contribution in [2.75, 3.05) is 6.26 Å². The molecule has 0 saturated heterocycles. The normalized spacial score (nSPS) is 18.3. The second-order valence-electron chi connectivity index (χ2n) is 5.73. The molecule has 0 saturated carbocycles. The van der Waals surface area contributed by atoms with E-state index in [1.54, 1.807) is 12.3 Å². The molecular weight excluding hydrogens is 418 g/mol. The molecule has 0 spiro atoms. The van der Waals surface area contributed by atoms with Crippen LogP contribution in [0.2, 0.25) is 0 Å². The predicted octanol–water partition coefficient (Wildman–Crippen LogP) is 2.80. The van der Waals surface area contributed by atoms with E-state index in [4.69, 9.17) is 4.42 Å². The van der Waals surface area contributed by atoms with Gasteiger partial charge in [0, 0.05) is 22.7 Å². The van der Waals surface area contributed by atoms with Crippen molar-refractivity contribution < 1.29 is 21.3 Å². The lowest BCUT2D eigenvalue weighted by molar-refractivity contribution is 0.438. The zero-order valence-corrected chi connectivity index (χ0v) is 16.0. The van der Waals surface area contributed by atoms with Crippen LogP contribution >= 0.6 is 15.9 Å². The van der Waals surface area contributed by atoms with Crippen molar-refractivity contribution in [1.29, 1.82) is 0 Å². The topological polar surface area (TPSA) is 93.5 Å². The van der Waals surface area contributed by atoms with Crippen molar-refractivity contribution >= 4 is 35.8 Å². The Morgan fingerprint density at radius 1 is 1.21 bits per heavy atom. The van der Waals surface area contributed by atoms with Crippen LogP contribution in [0, 0.1) is 0 Å². The summed E-state index contributed by atoms with van der Waals surface area (Å²) in [5.41, 5.74) is 0.834. The molecule has 0 bridgehead atoms. The van der Waals surface area contributed by atoms with Gasteiger partial charge in [-0.2, -0.15) is 0 Å². The number of hydrogen-bond donors (Lipinski definition) is 1. The molecule has 0 radical (unpaired) electrons. The average Bonchev–Trinajstić information content (AvgIpc) is 2.95. The largest absolute Gasteiger partial charge is 0.469 e. The van der Waals surface area contributed by atoms with Gasteiger partial charge in [-0.1, -0.05) is 0 Å². The van der Waals surface area contributed by atoms with Crippen molar-refractivity contribution in [3.8, 4) is 0 Å². The Balaban J connectivity index is 1.98. The summed E-state index contributed by atoms with van der Waals surface area (Å²) in [7, 11) is -7.40. The Hall–Kier alpha value is -1.16. The number of aryl methyl sites for hydroxylation is 1. The van der Waals surface area contributed by atoms with E-state index >= 15 is 0 Å². The van der Waals surface area contributed by atoms with Crippen LogP contribution in [0.4, 0.5) is 0 Å². The summed E-state index contributed by atoms with van der Waals surface area (Å²) in [5.74, 6) is 0.790. The van der Waals surface area contributed by atoms with E-state index in [0.717, 1.165) is 30.4 Å².